The monoisotopic (exact) mass is 298 g/mol. The first-order valence-electron chi connectivity index (χ1n) is 7.87. The SMILES string of the molecule is Cc1ccc2c(c1)nc(-c1ccccc1)n2Cc1ccccc1. The number of imidazole rings is 1. The quantitative estimate of drug-likeness (QED) is 0.517. The van der Waals surface area contributed by atoms with Crippen molar-refractivity contribution in [2.45, 2.75) is 13.5 Å². The minimum atomic E-state index is 0.824. The van der Waals surface area contributed by atoms with Crippen molar-refractivity contribution in [3.8, 4) is 11.4 Å². The Morgan fingerprint density at radius 2 is 1.52 bits per heavy atom. The maximum absolute atomic E-state index is 4.90. The minimum absolute atomic E-state index is 0.824. The van der Waals surface area contributed by atoms with Crippen LogP contribution in [0.3, 0.4) is 0 Å². The predicted molar refractivity (Wildman–Crippen MR) is 95.5 cm³/mol. The summed E-state index contributed by atoms with van der Waals surface area (Å²) in [6, 6.07) is 27.4. The molecule has 0 bridgehead atoms. The number of benzene rings is 3. The Kier molecular flexibility index (Phi) is 3.43. The van der Waals surface area contributed by atoms with Crippen LogP contribution in [0.5, 0.6) is 0 Å². The molecule has 1 heterocycles. The van der Waals surface area contributed by atoms with Crippen molar-refractivity contribution in [3.05, 3.63) is 90.0 Å². The highest BCUT2D eigenvalue weighted by molar-refractivity contribution is 5.81. The molecule has 23 heavy (non-hydrogen) atoms. The minimum Gasteiger partial charge on any atom is -0.319 e. The van der Waals surface area contributed by atoms with E-state index in [0.717, 1.165) is 23.4 Å². The Labute approximate surface area is 136 Å². The molecule has 112 valence electrons. The fourth-order valence-electron chi connectivity index (χ4n) is 2.97. The summed E-state index contributed by atoms with van der Waals surface area (Å²) >= 11 is 0. The Morgan fingerprint density at radius 1 is 0.826 bits per heavy atom. The molecule has 0 aliphatic heterocycles. The molecule has 2 nitrogen and oxygen atoms in total. The Bertz CT molecular complexity index is 938. The third-order valence-corrected chi connectivity index (χ3v) is 4.12. The van der Waals surface area contributed by atoms with Gasteiger partial charge in [-0.3, -0.25) is 0 Å². The Balaban J connectivity index is 1.92. The molecule has 0 fully saturated rings. The zero-order chi connectivity index (χ0) is 15.6. The highest BCUT2D eigenvalue weighted by Crippen LogP contribution is 2.26. The average molecular weight is 298 g/mol. The van der Waals surface area contributed by atoms with Gasteiger partial charge in [-0.2, -0.15) is 0 Å². The smallest absolute Gasteiger partial charge is 0.141 e. The fraction of sp³-hybridized carbons (Fsp3) is 0.0952. The van der Waals surface area contributed by atoms with Crippen molar-refractivity contribution in [2.75, 3.05) is 0 Å². The van der Waals surface area contributed by atoms with Crippen molar-refractivity contribution < 1.29 is 0 Å². The number of nitrogens with zero attached hydrogens (tertiary/aromatic N) is 2. The van der Waals surface area contributed by atoms with Crippen LogP contribution in [0.4, 0.5) is 0 Å². The first-order valence-corrected chi connectivity index (χ1v) is 7.87. The van der Waals surface area contributed by atoms with E-state index in [4.69, 9.17) is 4.98 Å². The van der Waals surface area contributed by atoms with Gasteiger partial charge in [-0.25, -0.2) is 4.98 Å². The molecule has 0 spiro atoms. The number of aromatic nitrogens is 2. The summed E-state index contributed by atoms with van der Waals surface area (Å²) in [7, 11) is 0. The maximum Gasteiger partial charge on any atom is 0.141 e. The molecule has 3 aromatic carbocycles. The molecule has 0 radical (unpaired) electrons. The van der Waals surface area contributed by atoms with Gasteiger partial charge in [-0.05, 0) is 30.2 Å². The summed E-state index contributed by atoms with van der Waals surface area (Å²) in [5.41, 5.74) is 5.90. The Hall–Kier alpha value is -2.87. The van der Waals surface area contributed by atoms with Crippen LogP contribution in [0.2, 0.25) is 0 Å². The van der Waals surface area contributed by atoms with Crippen molar-refractivity contribution in [1.82, 2.24) is 9.55 Å². The number of aryl methyl sites for hydroxylation is 1. The molecule has 4 aromatic rings. The topological polar surface area (TPSA) is 17.8 Å². The van der Waals surface area contributed by atoms with Gasteiger partial charge in [-0.1, -0.05) is 66.7 Å². The van der Waals surface area contributed by atoms with E-state index >= 15 is 0 Å². The summed E-state index contributed by atoms with van der Waals surface area (Å²) in [6.45, 7) is 2.93. The van der Waals surface area contributed by atoms with Gasteiger partial charge >= 0.3 is 0 Å². The van der Waals surface area contributed by atoms with Crippen LogP contribution >= 0.6 is 0 Å². The lowest BCUT2D eigenvalue weighted by Crippen LogP contribution is -2.02. The molecule has 0 saturated carbocycles. The summed E-state index contributed by atoms with van der Waals surface area (Å²) in [4.78, 5) is 4.90. The number of rotatable bonds is 3. The number of hydrogen-bond donors (Lipinski definition) is 0. The van der Waals surface area contributed by atoms with E-state index in [1.165, 1.54) is 16.6 Å². The lowest BCUT2D eigenvalue weighted by molar-refractivity contribution is 0.834. The maximum atomic E-state index is 4.90. The highest BCUT2D eigenvalue weighted by atomic mass is 15.1. The van der Waals surface area contributed by atoms with Crippen LogP contribution in [0, 0.1) is 6.92 Å². The van der Waals surface area contributed by atoms with Gasteiger partial charge in [0.15, 0.2) is 0 Å². The van der Waals surface area contributed by atoms with E-state index < -0.39 is 0 Å². The van der Waals surface area contributed by atoms with Crippen molar-refractivity contribution in [3.63, 3.8) is 0 Å². The van der Waals surface area contributed by atoms with Crippen molar-refractivity contribution in [2.24, 2.45) is 0 Å². The van der Waals surface area contributed by atoms with Gasteiger partial charge < -0.3 is 4.57 Å². The van der Waals surface area contributed by atoms with Gasteiger partial charge in [0, 0.05) is 12.1 Å². The fourth-order valence-corrected chi connectivity index (χ4v) is 2.97. The van der Waals surface area contributed by atoms with Gasteiger partial charge in [0.1, 0.15) is 5.82 Å². The second kappa shape index (κ2) is 5.73. The van der Waals surface area contributed by atoms with Gasteiger partial charge in [0.05, 0.1) is 11.0 Å². The molecule has 0 aliphatic carbocycles. The highest BCUT2D eigenvalue weighted by Gasteiger charge is 2.12. The summed E-state index contributed by atoms with van der Waals surface area (Å²) in [5, 5.41) is 0. The standard InChI is InChI=1S/C21H18N2/c1-16-12-13-20-19(14-16)22-21(18-10-6-3-7-11-18)23(20)15-17-8-4-2-5-9-17/h2-14H,15H2,1H3. The molecule has 1 aromatic heterocycles. The number of fused-ring (bicyclic) bond motifs is 1. The molecule has 0 unspecified atom stereocenters. The molecule has 0 aliphatic rings. The largest absolute Gasteiger partial charge is 0.319 e. The second-order valence-electron chi connectivity index (χ2n) is 5.87. The van der Waals surface area contributed by atoms with E-state index in [-0.39, 0.29) is 0 Å². The van der Waals surface area contributed by atoms with Crippen molar-refractivity contribution >= 4 is 11.0 Å². The van der Waals surface area contributed by atoms with Crippen LogP contribution in [-0.2, 0) is 6.54 Å². The normalized spacial score (nSPS) is 11.0. The molecule has 2 heteroatoms. The second-order valence-corrected chi connectivity index (χ2v) is 5.87. The predicted octanol–water partition coefficient (Wildman–Crippen LogP) is 5.06. The first kappa shape index (κ1) is 13.8. The zero-order valence-electron chi connectivity index (χ0n) is 13.1. The molecular weight excluding hydrogens is 280 g/mol. The van der Waals surface area contributed by atoms with E-state index in [9.17, 15) is 0 Å². The van der Waals surface area contributed by atoms with E-state index in [1.807, 2.05) is 6.07 Å². The zero-order valence-corrected chi connectivity index (χ0v) is 13.1. The van der Waals surface area contributed by atoms with E-state index in [1.54, 1.807) is 0 Å². The van der Waals surface area contributed by atoms with Crippen LogP contribution < -0.4 is 0 Å². The number of hydrogen-bond acceptors (Lipinski definition) is 1. The van der Waals surface area contributed by atoms with Crippen LogP contribution in [0.1, 0.15) is 11.1 Å². The summed E-state index contributed by atoms with van der Waals surface area (Å²) in [5.74, 6) is 1.02. The molecular formula is C21H18N2. The lowest BCUT2D eigenvalue weighted by atomic mass is 10.2. The van der Waals surface area contributed by atoms with Gasteiger partial charge in [-0.15, -0.1) is 0 Å². The van der Waals surface area contributed by atoms with Crippen LogP contribution in [-0.4, -0.2) is 9.55 Å². The van der Waals surface area contributed by atoms with Crippen LogP contribution in [0.15, 0.2) is 78.9 Å². The first-order chi connectivity index (χ1) is 11.3. The van der Waals surface area contributed by atoms with Gasteiger partial charge in [0.25, 0.3) is 0 Å². The third-order valence-electron chi connectivity index (χ3n) is 4.12. The van der Waals surface area contributed by atoms with Crippen molar-refractivity contribution in [1.29, 1.82) is 0 Å². The average Bonchev–Trinajstić information content (AvgIpc) is 2.94. The third kappa shape index (κ3) is 2.64. The van der Waals surface area contributed by atoms with Crippen LogP contribution in [0.25, 0.3) is 22.4 Å². The molecule has 4 rings (SSSR count). The molecule has 0 saturated heterocycles. The molecule has 0 N–H and O–H groups in total. The summed E-state index contributed by atoms with van der Waals surface area (Å²) < 4.78 is 2.31. The van der Waals surface area contributed by atoms with Gasteiger partial charge in [0.2, 0.25) is 0 Å². The van der Waals surface area contributed by atoms with E-state index in [0.29, 0.717) is 0 Å². The lowest BCUT2D eigenvalue weighted by Gasteiger charge is -2.09. The van der Waals surface area contributed by atoms with E-state index in [2.05, 4.69) is 84.3 Å². The molecule has 0 atom stereocenters. The molecule has 0 amide bonds. The Morgan fingerprint density at radius 3 is 2.26 bits per heavy atom. The summed E-state index contributed by atoms with van der Waals surface area (Å²) in [6.07, 6.45) is 0.